The highest BCUT2D eigenvalue weighted by Crippen LogP contribution is 2.16. The number of halogens is 1. The van der Waals surface area contributed by atoms with Crippen LogP contribution < -0.4 is 0 Å². The Kier molecular flexibility index (Phi) is 2.86. The third kappa shape index (κ3) is 1.64. The van der Waals surface area contributed by atoms with Crippen molar-refractivity contribution in [1.29, 1.82) is 0 Å². The highest BCUT2D eigenvalue weighted by molar-refractivity contribution is 5.76. The van der Waals surface area contributed by atoms with E-state index in [1.807, 2.05) is 32.0 Å². The lowest BCUT2D eigenvalue weighted by atomic mass is 10.3. The molecule has 0 N–H and O–H groups in total. The van der Waals surface area contributed by atoms with E-state index >= 15 is 0 Å². The van der Waals surface area contributed by atoms with Crippen molar-refractivity contribution in [2.24, 2.45) is 0 Å². The summed E-state index contributed by atoms with van der Waals surface area (Å²) in [6.45, 7) is 4.00. The maximum atomic E-state index is 12.4. The van der Waals surface area contributed by atoms with Crippen LogP contribution in [0.4, 0.5) is 4.39 Å². The first kappa shape index (κ1) is 8.78. The molecule has 0 saturated heterocycles. The molecule has 2 heteroatoms. The van der Waals surface area contributed by atoms with Gasteiger partial charge in [0.25, 0.3) is 6.01 Å². The Morgan fingerprint density at radius 2 is 1.83 bits per heavy atom. The molecule has 0 aliphatic carbocycles. The predicted molar refractivity (Wildman–Crippen MR) is 47.5 cm³/mol. The van der Waals surface area contributed by atoms with Crippen LogP contribution in [0.15, 0.2) is 34.7 Å². The van der Waals surface area contributed by atoms with Crippen LogP contribution in [0.2, 0.25) is 0 Å². The fraction of sp³-hybridized carbons (Fsp3) is 0.200. The van der Waals surface area contributed by atoms with Gasteiger partial charge in [-0.05, 0) is 6.07 Å². The molecule has 12 heavy (non-hydrogen) atoms. The molecule has 0 unspecified atom stereocenters. The minimum atomic E-state index is -0.527. The summed E-state index contributed by atoms with van der Waals surface area (Å²) in [7, 11) is 0. The van der Waals surface area contributed by atoms with Gasteiger partial charge >= 0.3 is 0 Å². The molecule has 1 aromatic heterocycles. The van der Waals surface area contributed by atoms with Crippen LogP contribution in [0.5, 0.6) is 0 Å². The van der Waals surface area contributed by atoms with Crippen molar-refractivity contribution in [3.8, 4) is 0 Å². The first-order valence-corrected chi connectivity index (χ1v) is 4.00. The van der Waals surface area contributed by atoms with Gasteiger partial charge in [-0.15, -0.1) is 0 Å². The van der Waals surface area contributed by atoms with Crippen LogP contribution in [0, 0.1) is 6.01 Å². The molecule has 1 nitrogen and oxygen atoms in total. The summed E-state index contributed by atoms with van der Waals surface area (Å²) in [5.41, 5.74) is 0.597. The third-order valence-electron chi connectivity index (χ3n) is 1.40. The number of hydrogen-bond acceptors (Lipinski definition) is 1. The van der Waals surface area contributed by atoms with Crippen molar-refractivity contribution >= 4 is 11.0 Å². The molecule has 0 fully saturated rings. The minimum Gasteiger partial charge on any atom is -0.431 e. The number of fused-ring (bicyclic) bond motifs is 1. The molecule has 0 saturated carbocycles. The molecule has 2 rings (SSSR count). The maximum Gasteiger partial charge on any atom is 0.278 e. The van der Waals surface area contributed by atoms with Gasteiger partial charge in [0.05, 0.1) is 0 Å². The Morgan fingerprint density at radius 3 is 2.50 bits per heavy atom. The SMILES string of the molecule is CC.Fc1cc2ccccc2o1. The number of benzene rings is 1. The van der Waals surface area contributed by atoms with E-state index in [4.69, 9.17) is 4.42 Å². The number of rotatable bonds is 0. The Labute approximate surface area is 70.8 Å². The average molecular weight is 166 g/mol. The lowest BCUT2D eigenvalue weighted by Crippen LogP contribution is -1.57. The van der Waals surface area contributed by atoms with Crippen LogP contribution in [0.3, 0.4) is 0 Å². The normalized spacial score (nSPS) is 9.25. The fourth-order valence-electron chi connectivity index (χ4n) is 0.949. The van der Waals surface area contributed by atoms with Crippen molar-refractivity contribution in [3.63, 3.8) is 0 Å². The smallest absolute Gasteiger partial charge is 0.278 e. The molecule has 0 aliphatic heterocycles. The first-order valence-electron chi connectivity index (χ1n) is 4.00. The summed E-state index contributed by atoms with van der Waals surface area (Å²) in [6.07, 6.45) is 0. The van der Waals surface area contributed by atoms with E-state index < -0.39 is 6.01 Å². The summed E-state index contributed by atoms with van der Waals surface area (Å²) >= 11 is 0. The van der Waals surface area contributed by atoms with E-state index in [1.54, 1.807) is 6.07 Å². The second kappa shape index (κ2) is 3.90. The predicted octanol–water partition coefficient (Wildman–Crippen LogP) is 3.60. The molecule has 0 aliphatic rings. The summed E-state index contributed by atoms with van der Waals surface area (Å²) in [5.74, 6) is 0. The highest BCUT2D eigenvalue weighted by Gasteiger charge is 1.98. The molecule has 1 aromatic carbocycles. The van der Waals surface area contributed by atoms with Crippen molar-refractivity contribution < 1.29 is 8.81 Å². The van der Waals surface area contributed by atoms with E-state index in [1.165, 1.54) is 6.07 Å². The molecule has 0 atom stereocenters. The Balaban J connectivity index is 0.000000336. The summed E-state index contributed by atoms with van der Waals surface area (Å²) < 4.78 is 17.1. The number of hydrogen-bond donors (Lipinski definition) is 0. The lowest BCUT2D eigenvalue weighted by Gasteiger charge is -1.81. The number of para-hydroxylation sites is 1. The van der Waals surface area contributed by atoms with Gasteiger partial charge in [0.2, 0.25) is 0 Å². The Bertz CT molecular complexity index is 318. The van der Waals surface area contributed by atoms with Gasteiger partial charge < -0.3 is 4.42 Å². The standard InChI is InChI=1S/C8H5FO.C2H6/c9-8-5-6-3-1-2-4-7(6)10-8;1-2/h1-5H;1-2H3. The monoisotopic (exact) mass is 166 g/mol. The molecule has 0 bridgehead atoms. The van der Waals surface area contributed by atoms with E-state index in [0.717, 1.165) is 5.39 Å². The van der Waals surface area contributed by atoms with Gasteiger partial charge in [-0.2, -0.15) is 4.39 Å². The lowest BCUT2D eigenvalue weighted by molar-refractivity contribution is 0.381. The quantitative estimate of drug-likeness (QED) is 0.582. The highest BCUT2D eigenvalue weighted by atomic mass is 19.1. The summed E-state index contributed by atoms with van der Waals surface area (Å²) in [4.78, 5) is 0. The van der Waals surface area contributed by atoms with Gasteiger partial charge in [-0.25, -0.2) is 0 Å². The van der Waals surface area contributed by atoms with Crippen molar-refractivity contribution in [2.45, 2.75) is 13.8 Å². The van der Waals surface area contributed by atoms with Gasteiger partial charge in [-0.3, -0.25) is 0 Å². The average Bonchev–Trinajstić information content (AvgIpc) is 2.48. The first-order chi connectivity index (χ1) is 5.86. The second-order valence-corrected chi connectivity index (χ2v) is 2.09. The van der Waals surface area contributed by atoms with E-state index in [-0.39, 0.29) is 0 Å². The van der Waals surface area contributed by atoms with Crippen molar-refractivity contribution in [1.82, 2.24) is 0 Å². The zero-order valence-corrected chi connectivity index (χ0v) is 7.17. The summed E-state index contributed by atoms with van der Waals surface area (Å²) in [5, 5.41) is 0.806. The van der Waals surface area contributed by atoms with Crippen molar-refractivity contribution in [3.05, 3.63) is 36.3 Å². The molecule has 0 radical (unpaired) electrons. The largest absolute Gasteiger partial charge is 0.431 e. The van der Waals surface area contributed by atoms with Crippen LogP contribution in [-0.2, 0) is 0 Å². The third-order valence-corrected chi connectivity index (χ3v) is 1.40. The molecular weight excluding hydrogens is 155 g/mol. The minimum absolute atomic E-state index is 0.527. The molecular formula is C10H11FO. The van der Waals surface area contributed by atoms with E-state index in [2.05, 4.69) is 0 Å². The van der Waals surface area contributed by atoms with Gasteiger partial charge in [0, 0.05) is 11.5 Å². The Morgan fingerprint density at radius 1 is 1.17 bits per heavy atom. The van der Waals surface area contributed by atoms with Crippen LogP contribution >= 0.6 is 0 Å². The van der Waals surface area contributed by atoms with Crippen LogP contribution in [0.25, 0.3) is 11.0 Å². The zero-order valence-electron chi connectivity index (χ0n) is 7.17. The molecule has 1 heterocycles. The molecule has 0 spiro atoms. The van der Waals surface area contributed by atoms with Gasteiger partial charge in [0.1, 0.15) is 5.58 Å². The summed E-state index contributed by atoms with van der Waals surface area (Å²) in [6, 6.07) is 8.04. The molecule has 2 aromatic rings. The second-order valence-electron chi connectivity index (χ2n) is 2.09. The molecule has 64 valence electrons. The van der Waals surface area contributed by atoms with Crippen molar-refractivity contribution in [2.75, 3.05) is 0 Å². The van der Waals surface area contributed by atoms with Crippen LogP contribution in [0.1, 0.15) is 13.8 Å². The van der Waals surface area contributed by atoms with E-state index in [0.29, 0.717) is 5.58 Å². The number of furan rings is 1. The Hall–Kier alpha value is -1.31. The van der Waals surface area contributed by atoms with Gasteiger partial charge in [0.15, 0.2) is 0 Å². The van der Waals surface area contributed by atoms with Gasteiger partial charge in [-0.1, -0.05) is 32.0 Å². The van der Waals surface area contributed by atoms with Crippen LogP contribution in [-0.4, -0.2) is 0 Å². The molecule has 0 amide bonds. The fourth-order valence-corrected chi connectivity index (χ4v) is 0.949. The maximum absolute atomic E-state index is 12.4. The topological polar surface area (TPSA) is 13.1 Å². The van der Waals surface area contributed by atoms with E-state index in [9.17, 15) is 4.39 Å². The zero-order chi connectivity index (χ0) is 8.97.